The molecule has 3 aromatic heterocycles. The molecule has 32 heavy (non-hydrogen) atoms. The minimum atomic E-state index is -3.26. The van der Waals surface area contributed by atoms with E-state index in [-0.39, 0.29) is 11.0 Å². The molecule has 1 saturated heterocycles. The lowest BCUT2D eigenvalue weighted by Gasteiger charge is -2.31. The fourth-order valence-corrected chi connectivity index (χ4v) is 4.43. The van der Waals surface area contributed by atoms with Gasteiger partial charge >= 0.3 is 0 Å². The molecule has 0 bridgehead atoms. The van der Waals surface area contributed by atoms with E-state index in [2.05, 4.69) is 25.1 Å². The summed E-state index contributed by atoms with van der Waals surface area (Å²) in [4.78, 5) is 11.1. The number of benzene rings is 1. The van der Waals surface area contributed by atoms with Gasteiger partial charge in [0.25, 0.3) is 0 Å². The van der Waals surface area contributed by atoms with Gasteiger partial charge in [-0.15, -0.1) is 0 Å². The Balaban J connectivity index is 1.33. The molecule has 4 heterocycles. The molecule has 1 fully saturated rings. The van der Waals surface area contributed by atoms with E-state index in [0.717, 1.165) is 37.5 Å². The second-order valence-electron chi connectivity index (χ2n) is 7.84. The predicted octanol–water partition coefficient (Wildman–Crippen LogP) is 2.56. The maximum Gasteiger partial charge on any atom is 0.228 e. The topological polar surface area (TPSA) is 116 Å². The maximum atomic E-state index is 11.7. The van der Waals surface area contributed by atoms with Crippen molar-refractivity contribution in [1.82, 2.24) is 24.9 Å². The van der Waals surface area contributed by atoms with Crippen LogP contribution in [0.1, 0.15) is 18.6 Å². The number of hydrogen-bond donors (Lipinski definition) is 0. The van der Waals surface area contributed by atoms with E-state index in [0.29, 0.717) is 22.6 Å². The molecule has 1 aromatic carbocycles. The molecule has 0 spiro atoms. The fourth-order valence-electron chi connectivity index (χ4n) is 3.80. The molecule has 1 aliphatic rings. The average molecular weight is 455 g/mol. The van der Waals surface area contributed by atoms with Crippen LogP contribution in [0.4, 0.5) is 5.82 Å². The molecule has 0 saturated carbocycles. The van der Waals surface area contributed by atoms with E-state index in [9.17, 15) is 8.42 Å². The first-order chi connectivity index (χ1) is 15.4. The van der Waals surface area contributed by atoms with Crippen LogP contribution < -0.4 is 9.64 Å². The summed E-state index contributed by atoms with van der Waals surface area (Å²) in [6.07, 6.45) is 5.99. The van der Waals surface area contributed by atoms with E-state index in [1.807, 2.05) is 13.0 Å². The van der Waals surface area contributed by atoms with Crippen LogP contribution in [0.5, 0.6) is 5.88 Å². The zero-order valence-corrected chi connectivity index (χ0v) is 18.5. The summed E-state index contributed by atoms with van der Waals surface area (Å²) < 4.78 is 36.4. The summed E-state index contributed by atoms with van der Waals surface area (Å²) in [6, 6.07) is 8.45. The minimum Gasteiger partial charge on any atom is -0.474 e. The number of aromatic nitrogens is 5. The normalized spacial score (nSPS) is 15.4. The van der Waals surface area contributed by atoms with Gasteiger partial charge in [0.1, 0.15) is 23.6 Å². The molecule has 166 valence electrons. The van der Waals surface area contributed by atoms with Crippen molar-refractivity contribution >= 4 is 26.7 Å². The van der Waals surface area contributed by atoms with Crippen LogP contribution in [-0.4, -0.2) is 58.8 Å². The van der Waals surface area contributed by atoms with E-state index >= 15 is 0 Å². The molecule has 0 N–H and O–H groups in total. The Labute approximate surface area is 184 Å². The molecule has 4 aromatic rings. The first kappa shape index (κ1) is 20.4. The van der Waals surface area contributed by atoms with Crippen LogP contribution in [0.3, 0.4) is 0 Å². The molecule has 0 aliphatic carbocycles. The third-order valence-electron chi connectivity index (χ3n) is 5.50. The minimum absolute atomic E-state index is 0.0229. The van der Waals surface area contributed by atoms with Crippen molar-refractivity contribution in [2.45, 2.75) is 30.8 Å². The summed E-state index contributed by atoms with van der Waals surface area (Å²) >= 11 is 0. The monoisotopic (exact) mass is 454 g/mol. The van der Waals surface area contributed by atoms with Crippen LogP contribution in [-0.2, 0) is 9.84 Å². The Morgan fingerprint density at radius 2 is 1.88 bits per heavy atom. The lowest BCUT2D eigenvalue weighted by Crippen LogP contribution is -2.38. The van der Waals surface area contributed by atoms with Gasteiger partial charge in [-0.2, -0.15) is 5.10 Å². The van der Waals surface area contributed by atoms with E-state index < -0.39 is 9.84 Å². The molecular formula is C21H22N6O4S. The number of nitrogens with zero attached hydrogens (tertiary/aromatic N) is 6. The zero-order chi connectivity index (χ0) is 22.3. The van der Waals surface area contributed by atoms with Crippen molar-refractivity contribution in [2.24, 2.45) is 0 Å². The number of fused-ring (bicyclic) bond motifs is 1. The summed E-state index contributed by atoms with van der Waals surface area (Å²) in [5, 5.41) is 9.21. The lowest BCUT2D eigenvalue weighted by atomic mass is 10.1. The van der Waals surface area contributed by atoms with Gasteiger partial charge in [0.15, 0.2) is 21.3 Å². The highest BCUT2D eigenvalue weighted by Crippen LogP contribution is 2.27. The van der Waals surface area contributed by atoms with Crippen molar-refractivity contribution in [3.63, 3.8) is 0 Å². The van der Waals surface area contributed by atoms with Crippen molar-refractivity contribution in [3.8, 4) is 11.6 Å². The van der Waals surface area contributed by atoms with Gasteiger partial charge in [-0.3, -0.25) is 0 Å². The number of piperidine rings is 1. The summed E-state index contributed by atoms with van der Waals surface area (Å²) in [5.74, 6) is 2.14. The third kappa shape index (κ3) is 3.91. The maximum absolute atomic E-state index is 11.7. The van der Waals surface area contributed by atoms with Crippen molar-refractivity contribution in [1.29, 1.82) is 0 Å². The number of anilines is 1. The highest BCUT2D eigenvalue weighted by Gasteiger charge is 2.24. The van der Waals surface area contributed by atoms with Crippen LogP contribution in [0.2, 0.25) is 0 Å². The number of rotatable bonds is 5. The van der Waals surface area contributed by atoms with Crippen LogP contribution in [0, 0.1) is 6.92 Å². The Morgan fingerprint density at radius 3 is 2.53 bits per heavy atom. The molecule has 0 unspecified atom stereocenters. The van der Waals surface area contributed by atoms with Gasteiger partial charge in [-0.1, -0.05) is 5.16 Å². The largest absolute Gasteiger partial charge is 0.474 e. The van der Waals surface area contributed by atoms with E-state index in [1.54, 1.807) is 35.1 Å². The second-order valence-corrected chi connectivity index (χ2v) is 9.85. The molecule has 0 radical (unpaired) electrons. The van der Waals surface area contributed by atoms with E-state index in [4.69, 9.17) is 9.26 Å². The highest BCUT2D eigenvalue weighted by molar-refractivity contribution is 7.90. The number of ether oxygens (including phenoxy) is 1. The smallest absolute Gasteiger partial charge is 0.228 e. The Morgan fingerprint density at radius 1 is 1.12 bits per heavy atom. The van der Waals surface area contributed by atoms with Gasteiger partial charge in [0, 0.05) is 38.3 Å². The second kappa shape index (κ2) is 7.90. The van der Waals surface area contributed by atoms with Gasteiger partial charge in [0.05, 0.1) is 16.8 Å². The number of hydrogen-bond acceptors (Lipinski definition) is 9. The standard InChI is InChI=1S/C21H22N6O4S/c1-14-11-19(25-31-14)26-9-7-16(8-10-26)30-21-18-12-24-27(20(18)22-13-23-21)15-3-5-17(6-4-15)32(2,28)29/h3-6,11-13,16H,7-10H2,1-2H3. The zero-order valence-electron chi connectivity index (χ0n) is 17.7. The third-order valence-corrected chi connectivity index (χ3v) is 6.63. The molecule has 0 atom stereocenters. The van der Waals surface area contributed by atoms with Crippen LogP contribution >= 0.6 is 0 Å². The molecule has 0 amide bonds. The Kier molecular flexibility index (Phi) is 5.04. The number of aryl methyl sites for hydroxylation is 1. The molecule has 10 nitrogen and oxygen atoms in total. The van der Waals surface area contributed by atoms with Gasteiger partial charge in [-0.25, -0.2) is 23.1 Å². The lowest BCUT2D eigenvalue weighted by molar-refractivity contribution is 0.166. The highest BCUT2D eigenvalue weighted by atomic mass is 32.2. The molecule has 5 rings (SSSR count). The van der Waals surface area contributed by atoms with Crippen molar-refractivity contribution < 1.29 is 17.7 Å². The van der Waals surface area contributed by atoms with Gasteiger partial charge in [0.2, 0.25) is 5.88 Å². The molecule has 1 aliphatic heterocycles. The summed E-state index contributed by atoms with van der Waals surface area (Å²) in [6.45, 7) is 3.51. The van der Waals surface area contributed by atoms with Crippen molar-refractivity contribution in [2.75, 3.05) is 24.2 Å². The molecule has 11 heteroatoms. The Bertz CT molecular complexity index is 1350. The van der Waals surface area contributed by atoms with Gasteiger partial charge in [-0.05, 0) is 31.2 Å². The fraction of sp³-hybridized carbons (Fsp3) is 0.333. The van der Waals surface area contributed by atoms with Crippen LogP contribution in [0.25, 0.3) is 16.7 Å². The first-order valence-corrected chi connectivity index (χ1v) is 12.1. The number of sulfone groups is 1. The van der Waals surface area contributed by atoms with Crippen molar-refractivity contribution in [3.05, 3.63) is 48.6 Å². The summed E-state index contributed by atoms with van der Waals surface area (Å²) in [5.41, 5.74) is 1.30. The van der Waals surface area contributed by atoms with E-state index in [1.165, 1.54) is 12.6 Å². The predicted molar refractivity (Wildman–Crippen MR) is 117 cm³/mol. The summed E-state index contributed by atoms with van der Waals surface area (Å²) in [7, 11) is -3.26. The first-order valence-electron chi connectivity index (χ1n) is 10.2. The molecular weight excluding hydrogens is 432 g/mol. The van der Waals surface area contributed by atoms with Gasteiger partial charge < -0.3 is 14.2 Å². The Hall–Kier alpha value is -3.47. The average Bonchev–Trinajstić information content (AvgIpc) is 3.41. The van der Waals surface area contributed by atoms with Crippen LogP contribution in [0.15, 0.2) is 52.3 Å². The SMILES string of the molecule is Cc1cc(N2CCC(Oc3ncnc4c3cnn4-c3ccc(S(C)(=O)=O)cc3)CC2)no1. The quantitative estimate of drug-likeness (QED) is 0.448.